The van der Waals surface area contributed by atoms with Crippen LogP contribution in [0.2, 0.25) is 0 Å². The quantitative estimate of drug-likeness (QED) is 0.247. The third-order valence-electron chi connectivity index (χ3n) is 8.21. The maximum absolute atomic E-state index is 13.7. The first-order chi connectivity index (χ1) is 19.8. The number of rotatable bonds is 12. The number of hydrogen-bond acceptors (Lipinski definition) is 10. The van der Waals surface area contributed by atoms with Gasteiger partial charge in [-0.25, -0.2) is 0 Å². The fraction of sp³-hybridized carbons (Fsp3) is 0.600. The van der Waals surface area contributed by atoms with E-state index in [1.165, 1.54) is 11.8 Å². The van der Waals surface area contributed by atoms with E-state index < -0.39 is 35.9 Å². The van der Waals surface area contributed by atoms with Crippen LogP contribution in [0.25, 0.3) is 11.1 Å². The topological polar surface area (TPSA) is 139 Å². The molecule has 10 nitrogen and oxygen atoms in total. The highest BCUT2D eigenvalue weighted by Gasteiger charge is 2.47. The monoisotopic (exact) mass is 588 g/mol. The molecule has 0 saturated carbocycles. The molecular formula is C30H44N4O6S. The summed E-state index contributed by atoms with van der Waals surface area (Å²) in [5.74, 6) is 0.280. The molecule has 11 heteroatoms. The van der Waals surface area contributed by atoms with Crippen LogP contribution in [0.3, 0.4) is 0 Å². The van der Waals surface area contributed by atoms with Crippen molar-refractivity contribution in [1.82, 2.24) is 15.2 Å². The lowest BCUT2D eigenvalue weighted by molar-refractivity contribution is -0.204. The Labute approximate surface area is 246 Å². The van der Waals surface area contributed by atoms with Crippen molar-refractivity contribution in [2.45, 2.75) is 68.1 Å². The predicted molar refractivity (Wildman–Crippen MR) is 161 cm³/mol. The van der Waals surface area contributed by atoms with E-state index in [1.54, 1.807) is 18.6 Å². The highest BCUT2D eigenvalue weighted by Crippen LogP contribution is 2.31. The number of carbonyl (C=O) groups is 1. The molecule has 5 N–H and O–H groups in total. The van der Waals surface area contributed by atoms with Gasteiger partial charge in [0.1, 0.15) is 29.9 Å². The number of amides is 1. The summed E-state index contributed by atoms with van der Waals surface area (Å²) in [4.78, 5) is 21.8. The van der Waals surface area contributed by atoms with Gasteiger partial charge in [-0.3, -0.25) is 14.7 Å². The van der Waals surface area contributed by atoms with Crippen LogP contribution in [0.4, 0.5) is 5.69 Å². The number of aliphatic hydroxyl groups excluding tert-OH is 4. The molecule has 1 aromatic heterocycles. The zero-order chi connectivity index (χ0) is 29.5. The second-order valence-corrected chi connectivity index (χ2v) is 12.0. The van der Waals surface area contributed by atoms with Gasteiger partial charge in [-0.15, -0.1) is 11.8 Å². The molecule has 1 amide bonds. The minimum atomic E-state index is -1.43. The SMILES string of the molecule is CCC[C@@H]1C[C@@H](C(=O)N[C@H](CN(CCO)c2ccc(-c3cccnc3)cc2)[C@H]2OC(SC)[C@H](O)[C@H](O)C2O)N(C)C1. The lowest BCUT2D eigenvalue weighted by Gasteiger charge is -2.44. The van der Waals surface area contributed by atoms with E-state index in [0.717, 1.165) is 42.6 Å². The number of benzene rings is 1. The molecule has 0 spiro atoms. The molecule has 0 radical (unpaired) electrons. The minimum Gasteiger partial charge on any atom is -0.395 e. The first-order valence-corrected chi connectivity index (χ1v) is 15.7. The molecular weight excluding hydrogens is 544 g/mol. The summed E-state index contributed by atoms with van der Waals surface area (Å²) >= 11 is 1.23. The van der Waals surface area contributed by atoms with Gasteiger partial charge in [0.05, 0.1) is 18.7 Å². The number of aliphatic hydroxyl groups is 4. The number of pyridine rings is 1. The third-order valence-corrected chi connectivity index (χ3v) is 9.07. The molecule has 2 aliphatic rings. The normalized spacial score (nSPS) is 29.3. The number of ether oxygens (including phenoxy) is 1. The molecule has 2 unspecified atom stereocenters. The summed E-state index contributed by atoms with van der Waals surface area (Å²) in [6.07, 6.45) is 3.04. The van der Waals surface area contributed by atoms with E-state index in [1.807, 2.05) is 48.3 Å². The summed E-state index contributed by atoms with van der Waals surface area (Å²) in [5.41, 5.74) is 2.02. The molecule has 8 atom stereocenters. The molecule has 2 aliphatic heterocycles. The van der Waals surface area contributed by atoms with Crippen LogP contribution in [-0.4, -0.2) is 118 Å². The van der Waals surface area contributed by atoms with Crippen molar-refractivity contribution in [3.63, 3.8) is 0 Å². The van der Waals surface area contributed by atoms with Crippen molar-refractivity contribution in [3.05, 3.63) is 48.8 Å². The van der Waals surface area contributed by atoms with Crippen molar-refractivity contribution in [2.24, 2.45) is 5.92 Å². The van der Waals surface area contributed by atoms with Crippen LogP contribution in [-0.2, 0) is 9.53 Å². The Morgan fingerprint density at radius 2 is 1.93 bits per heavy atom. The number of anilines is 1. The van der Waals surface area contributed by atoms with Gasteiger partial charge in [-0.2, -0.15) is 0 Å². The minimum absolute atomic E-state index is 0.127. The molecule has 2 saturated heterocycles. The summed E-state index contributed by atoms with van der Waals surface area (Å²) in [6, 6.07) is 10.6. The average Bonchev–Trinajstić information content (AvgIpc) is 3.36. The molecule has 2 aromatic rings. The molecule has 3 heterocycles. The van der Waals surface area contributed by atoms with E-state index in [4.69, 9.17) is 4.74 Å². The van der Waals surface area contributed by atoms with Crippen LogP contribution in [0.5, 0.6) is 0 Å². The number of nitrogens with one attached hydrogen (secondary N) is 1. The Morgan fingerprint density at radius 3 is 2.56 bits per heavy atom. The number of thioether (sulfide) groups is 1. The summed E-state index contributed by atoms with van der Waals surface area (Å²) in [6.45, 7) is 3.35. The number of hydrogen-bond donors (Lipinski definition) is 5. The maximum Gasteiger partial charge on any atom is 0.237 e. The second-order valence-electron chi connectivity index (χ2n) is 11.1. The summed E-state index contributed by atoms with van der Waals surface area (Å²) in [7, 11) is 1.95. The Bertz CT molecular complexity index is 1090. The van der Waals surface area contributed by atoms with Gasteiger partial charge >= 0.3 is 0 Å². The Kier molecular flexibility index (Phi) is 11.4. The number of likely N-dealkylation sites (tertiary alicyclic amines) is 1. The number of aromatic nitrogens is 1. The predicted octanol–water partition coefficient (Wildman–Crippen LogP) is 1.32. The van der Waals surface area contributed by atoms with E-state index in [2.05, 4.69) is 22.1 Å². The van der Waals surface area contributed by atoms with Gasteiger partial charge in [0.25, 0.3) is 0 Å². The molecule has 0 bridgehead atoms. The van der Waals surface area contributed by atoms with Gasteiger partial charge in [-0.05, 0) is 61.4 Å². The van der Waals surface area contributed by atoms with Gasteiger partial charge in [0.2, 0.25) is 5.91 Å². The molecule has 1 aromatic carbocycles. The van der Waals surface area contributed by atoms with Gasteiger partial charge in [0, 0.05) is 37.7 Å². The smallest absolute Gasteiger partial charge is 0.237 e. The first-order valence-electron chi connectivity index (χ1n) is 14.4. The Hall–Kier alpha value is -2.25. The van der Waals surface area contributed by atoms with Gasteiger partial charge in [-0.1, -0.05) is 31.5 Å². The van der Waals surface area contributed by atoms with E-state index in [0.29, 0.717) is 5.92 Å². The number of carbonyl (C=O) groups excluding carboxylic acids is 1. The van der Waals surface area contributed by atoms with Crippen molar-refractivity contribution in [1.29, 1.82) is 0 Å². The maximum atomic E-state index is 13.7. The van der Waals surface area contributed by atoms with Crippen molar-refractivity contribution in [2.75, 3.05) is 44.4 Å². The molecule has 2 fully saturated rings. The lowest BCUT2D eigenvalue weighted by Crippen LogP contribution is -2.65. The van der Waals surface area contributed by atoms with Gasteiger partial charge in [0.15, 0.2) is 0 Å². The van der Waals surface area contributed by atoms with E-state index in [9.17, 15) is 25.2 Å². The average molecular weight is 589 g/mol. The van der Waals surface area contributed by atoms with Crippen LogP contribution in [0.15, 0.2) is 48.8 Å². The fourth-order valence-corrected chi connectivity index (χ4v) is 6.70. The first kappa shape index (κ1) is 31.7. The molecule has 4 rings (SSSR count). The van der Waals surface area contributed by atoms with E-state index >= 15 is 0 Å². The Balaban J connectivity index is 1.59. The van der Waals surface area contributed by atoms with Crippen LogP contribution in [0, 0.1) is 5.92 Å². The summed E-state index contributed by atoms with van der Waals surface area (Å²) in [5, 5.41) is 45.2. The lowest BCUT2D eigenvalue weighted by atomic mass is 9.93. The standard InChI is InChI=1S/C30H44N4O6S/c1-4-6-19-15-24(33(2)17-19)29(39)32-23(28-26(37)25(36)27(38)30(40-28)41-3)18-34(13-14-35)22-10-8-20(9-11-22)21-7-5-12-31-16-21/h5,7-12,16,19,23-28,30,35-38H,4,6,13-15,17-18H2,1-3H3,(H,32,39)/t19-,23-,24+,25-,26?,27-,28-,30?/m1/s1. The Morgan fingerprint density at radius 1 is 1.17 bits per heavy atom. The fourth-order valence-electron chi connectivity index (χ4n) is 6.02. The van der Waals surface area contributed by atoms with Crippen molar-refractivity contribution < 1.29 is 30.0 Å². The van der Waals surface area contributed by atoms with Crippen molar-refractivity contribution in [3.8, 4) is 11.1 Å². The summed E-state index contributed by atoms with van der Waals surface area (Å²) < 4.78 is 6.11. The molecule has 226 valence electrons. The zero-order valence-electron chi connectivity index (χ0n) is 24.0. The molecule has 41 heavy (non-hydrogen) atoms. The van der Waals surface area contributed by atoms with Crippen LogP contribution in [0.1, 0.15) is 26.2 Å². The second kappa shape index (κ2) is 14.8. The highest BCUT2D eigenvalue weighted by atomic mass is 32.2. The van der Waals surface area contributed by atoms with Crippen molar-refractivity contribution >= 4 is 23.4 Å². The number of likely N-dealkylation sites (N-methyl/N-ethyl adjacent to an activating group) is 1. The number of nitrogens with zero attached hydrogens (tertiary/aromatic N) is 3. The van der Waals surface area contributed by atoms with Crippen LogP contribution >= 0.6 is 11.8 Å². The highest BCUT2D eigenvalue weighted by molar-refractivity contribution is 7.99. The van der Waals surface area contributed by atoms with Gasteiger partial charge < -0.3 is 35.4 Å². The van der Waals surface area contributed by atoms with Crippen LogP contribution < -0.4 is 10.2 Å². The molecule has 0 aliphatic carbocycles. The third kappa shape index (κ3) is 7.59. The zero-order valence-corrected chi connectivity index (χ0v) is 24.9. The van der Waals surface area contributed by atoms with E-state index in [-0.39, 0.29) is 31.6 Å². The largest absolute Gasteiger partial charge is 0.395 e.